The molecule has 0 aromatic rings. The van der Waals surface area contributed by atoms with E-state index in [1.54, 1.807) is 0 Å². The Bertz CT molecular complexity index is 373. The summed E-state index contributed by atoms with van der Waals surface area (Å²) in [6.45, 7) is 14.1. The first-order chi connectivity index (χ1) is 11.5. The molecule has 0 aromatic heterocycles. The third-order valence-electron chi connectivity index (χ3n) is 4.62. The summed E-state index contributed by atoms with van der Waals surface area (Å²) in [5.41, 5.74) is 0. The van der Waals surface area contributed by atoms with Gasteiger partial charge in [-0.25, -0.2) is 4.79 Å². The standard InChI is InChI=1S/C18H35N3O3/c1-15(2)13-24-14-16(3)19-18(22)21-6-4-5-17(12-21)11-20-7-9-23-10-8-20/h15-17H,4-14H2,1-3H3,(H,19,22). The molecule has 0 spiro atoms. The van der Waals surface area contributed by atoms with E-state index < -0.39 is 0 Å². The molecule has 0 aliphatic carbocycles. The van der Waals surface area contributed by atoms with E-state index in [2.05, 4.69) is 24.1 Å². The maximum Gasteiger partial charge on any atom is 0.317 e. The highest BCUT2D eigenvalue weighted by Crippen LogP contribution is 2.18. The van der Waals surface area contributed by atoms with Crippen molar-refractivity contribution in [3.8, 4) is 0 Å². The fourth-order valence-electron chi connectivity index (χ4n) is 3.37. The average molecular weight is 341 g/mol. The van der Waals surface area contributed by atoms with Gasteiger partial charge in [-0.15, -0.1) is 0 Å². The van der Waals surface area contributed by atoms with Crippen molar-refractivity contribution in [2.45, 2.75) is 39.7 Å². The van der Waals surface area contributed by atoms with E-state index in [0.717, 1.165) is 59.0 Å². The third kappa shape index (κ3) is 6.95. The quantitative estimate of drug-likeness (QED) is 0.767. The Kier molecular flexibility index (Phi) is 8.29. The maximum atomic E-state index is 12.5. The number of hydrogen-bond acceptors (Lipinski definition) is 4. The van der Waals surface area contributed by atoms with Crippen LogP contribution >= 0.6 is 0 Å². The van der Waals surface area contributed by atoms with Gasteiger partial charge in [0.25, 0.3) is 0 Å². The number of nitrogens with one attached hydrogen (secondary N) is 1. The Morgan fingerprint density at radius 3 is 2.67 bits per heavy atom. The number of nitrogens with zero attached hydrogens (tertiary/aromatic N) is 2. The van der Waals surface area contributed by atoms with Crippen LogP contribution in [0.3, 0.4) is 0 Å². The summed E-state index contributed by atoms with van der Waals surface area (Å²) in [5, 5.41) is 3.08. The second-order valence-corrected chi connectivity index (χ2v) is 7.65. The average Bonchev–Trinajstić information content (AvgIpc) is 2.55. The molecule has 6 heteroatoms. The number of carbonyl (C=O) groups is 1. The lowest BCUT2D eigenvalue weighted by molar-refractivity contribution is 0.0247. The van der Waals surface area contributed by atoms with Crippen molar-refractivity contribution in [1.82, 2.24) is 15.1 Å². The van der Waals surface area contributed by atoms with E-state index in [1.165, 1.54) is 6.42 Å². The van der Waals surface area contributed by atoms with Gasteiger partial charge in [-0.1, -0.05) is 13.8 Å². The lowest BCUT2D eigenvalue weighted by Gasteiger charge is -2.37. The van der Waals surface area contributed by atoms with E-state index in [-0.39, 0.29) is 12.1 Å². The highest BCUT2D eigenvalue weighted by Gasteiger charge is 2.26. The van der Waals surface area contributed by atoms with Crippen LogP contribution in [0, 0.1) is 11.8 Å². The van der Waals surface area contributed by atoms with Crippen LogP contribution in [-0.2, 0) is 9.47 Å². The van der Waals surface area contributed by atoms with E-state index in [4.69, 9.17) is 9.47 Å². The van der Waals surface area contributed by atoms with Crippen molar-refractivity contribution in [3.63, 3.8) is 0 Å². The van der Waals surface area contributed by atoms with Crippen LogP contribution in [-0.4, -0.2) is 81.0 Å². The van der Waals surface area contributed by atoms with Crippen molar-refractivity contribution in [1.29, 1.82) is 0 Å². The predicted octanol–water partition coefficient (Wildman–Crippen LogP) is 1.80. The molecule has 2 atom stereocenters. The van der Waals surface area contributed by atoms with Gasteiger partial charge in [0, 0.05) is 39.3 Å². The fraction of sp³-hybridized carbons (Fsp3) is 0.944. The van der Waals surface area contributed by atoms with Gasteiger partial charge in [-0.05, 0) is 31.6 Å². The van der Waals surface area contributed by atoms with E-state index >= 15 is 0 Å². The summed E-state index contributed by atoms with van der Waals surface area (Å²) in [4.78, 5) is 16.9. The van der Waals surface area contributed by atoms with Crippen LogP contribution in [0.25, 0.3) is 0 Å². The number of carbonyl (C=O) groups excluding carboxylic acids is 1. The Balaban J connectivity index is 1.69. The molecule has 0 bridgehead atoms. The number of amides is 2. The molecule has 1 N–H and O–H groups in total. The lowest BCUT2D eigenvalue weighted by Crippen LogP contribution is -2.51. The van der Waals surface area contributed by atoms with Gasteiger partial charge in [0.1, 0.15) is 0 Å². The van der Waals surface area contributed by atoms with Crippen LogP contribution in [0.15, 0.2) is 0 Å². The molecule has 0 aromatic carbocycles. The summed E-state index contributed by atoms with van der Waals surface area (Å²) >= 11 is 0. The summed E-state index contributed by atoms with van der Waals surface area (Å²) in [6, 6.07) is 0.109. The number of morpholine rings is 1. The zero-order valence-corrected chi connectivity index (χ0v) is 15.6. The first-order valence-electron chi connectivity index (χ1n) is 9.48. The van der Waals surface area contributed by atoms with Gasteiger partial charge >= 0.3 is 6.03 Å². The van der Waals surface area contributed by atoms with Gasteiger partial charge < -0.3 is 19.7 Å². The molecule has 2 unspecified atom stereocenters. The number of ether oxygens (including phenoxy) is 2. The van der Waals surface area contributed by atoms with Gasteiger partial charge in [-0.3, -0.25) is 4.90 Å². The molecule has 2 fully saturated rings. The number of urea groups is 1. The summed E-state index contributed by atoms with van der Waals surface area (Å²) in [5.74, 6) is 1.10. The minimum Gasteiger partial charge on any atom is -0.379 e. The zero-order valence-electron chi connectivity index (χ0n) is 15.6. The van der Waals surface area contributed by atoms with E-state index in [0.29, 0.717) is 18.4 Å². The SMILES string of the molecule is CC(C)COCC(C)NC(=O)N1CCCC(CN2CCOCC2)C1. The van der Waals surface area contributed by atoms with E-state index in [1.807, 2.05) is 11.8 Å². The first kappa shape index (κ1) is 19.5. The number of rotatable bonds is 7. The van der Waals surface area contributed by atoms with Crippen molar-refractivity contribution in [2.75, 3.05) is 59.2 Å². The molecule has 2 saturated heterocycles. The molecular weight excluding hydrogens is 306 g/mol. The molecular formula is C18H35N3O3. The Morgan fingerprint density at radius 1 is 1.21 bits per heavy atom. The maximum absolute atomic E-state index is 12.5. The topological polar surface area (TPSA) is 54.0 Å². The van der Waals surface area contributed by atoms with Crippen LogP contribution in [0.2, 0.25) is 0 Å². The molecule has 2 aliphatic rings. The fourth-order valence-corrected chi connectivity index (χ4v) is 3.37. The highest BCUT2D eigenvalue weighted by molar-refractivity contribution is 5.74. The van der Waals surface area contributed by atoms with Gasteiger partial charge in [0.05, 0.1) is 25.9 Å². The monoisotopic (exact) mass is 341 g/mol. The number of likely N-dealkylation sites (tertiary alicyclic amines) is 1. The summed E-state index contributed by atoms with van der Waals surface area (Å²) in [7, 11) is 0. The molecule has 6 nitrogen and oxygen atoms in total. The molecule has 0 saturated carbocycles. The molecule has 2 aliphatic heterocycles. The van der Waals surface area contributed by atoms with Gasteiger partial charge in [-0.2, -0.15) is 0 Å². The first-order valence-corrected chi connectivity index (χ1v) is 9.48. The van der Waals surface area contributed by atoms with Gasteiger partial charge in [0.2, 0.25) is 0 Å². The van der Waals surface area contributed by atoms with Crippen molar-refractivity contribution in [2.24, 2.45) is 11.8 Å². The Morgan fingerprint density at radius 2 is 1.96 bits per heavy atom. The van der Waals surface area contributed by atoms with Crippen molar-refractivity contribution < 1.29 is 14.3 Å². The molecule has 2 rings (SSSR count). The van der Waals surface area contributed by atoms with E-state index in [9.17, 15) is 4.79 Å². The molecule has 24 heavy (non-hydrogen) atoms. The minimum absolute atomic E-state index is 0.0517. The molecule has 0 radical (unpaired) electrons. The smallest absolute Gasteiger partial charge is 0.317 e. The van der Waals surface area contributed by atoms with Crippen LogP contribution < -0.4 is 5.32 Å². The summed E-state index contributed by atoms with van der Waals surface area (Å²) < 4.78 is 11.0. The second kappa shape index (κ2) is 10.2. The highest BCUT2D eigenvalue weighted by atomic mass is 16.5. The van der Waals surface area contributed by atoms with Crippen LogP contribution in [0.1, 0.15) is 33.6 Å². The van der Waals surface area contributed by atoms with Gasteiger partial charge in [0.15, 0.2) is 0 Å². The molecule has 2 amide bonds. The summed E-state index contributed by atoms with van der Waals surface area (Å²) in [6.07, 6.45) is 2.31. The van der Waals surface area contributed by atoms with Crippen molar-refractivity contribution in [3.05, 3.63) is 0 Å². The number of piperidine rings is 1. The normalized spacial score (nSPS) is 24.2. The zero-order chi connectivity index (χ0) is 17.4. The van der Waals surface area contributed by atoms with Crippen molar-refractivity contribution >= 4 is 6.03 Å². The number of hydrogen-bond donors (Lipinski definition) is 1. The van der Waals surface area contributed by atoms with Crippen LogP contribution in [0.5, 0.6) is 0 Å². The lowest BCUT2D eigenvalue weighted by atomic mass is 9.97. The predicted molar refractivity (Wildman–Crippen MR) is 95.2 cm³/mol. The Hall–Kier alpha value is -0.850. The van der Waals surface area contributed by atoms with Crippen LogP contribution in [0.4, 0.5) is 4.79 Å². The second-order valence-electron chi connectivity index (χ2n) is 7.65. The third-order valence-corrected chi connectivity index (χ3v) is 4.62. The molecule has 140 valence electrons. The largest absolute Gasteiger partial charge is 0.379 e. The Labute approximate surface area is 146 Å². The molecule has 2 heterocycles. The minimum atomic E-state index is 0.0517.